The molecule has 1 amide bonds. The summed E-state index contributed by atoms with van der Waals surface area (Å²) in [6.07, 6.45) is 6.01. The minimum atomic E-state index is -0.461. The largest absolute Gasteiger partial charge is 0.352 e. The van der Waals surface area contributed by atoms with Crippen LogP contribution in [0, 0.1) is 5.82 Å². The van der Waals surface area contributed by atoms with Crippen molar-refractivity contribution in [1.82, 2.24) is 10.2 Å². The first-order valence-electron chi connectivity index (χ1n) is 7.99. The van der Waals surface area contributed by atoms with E-state index in [-0.39, 0.29) is 11.5 Å². The number of amides is 1. The van der Waals surface area contributed by atoms with E-state index in [1.165, 1.54) is 44.4 Å². The van der Waals surface area contributed by atoms with Crippen LogP contribution in [0.3, 0.4) is 0 Å². The highest BCUT2D eigenvalue weighted by Crippen LogP contribution is 2.19. The van der Waals surface area contributed by atoms with Crippen molar-refractivity contribution in [3.8, 4) is 0 Å². The highest BCUT2D eigenvalue weighted by molar-refractivity contribution is 5.94. The van der Waals surface area contributed by atoms with Crippen LogP contribution in [0.4, 0.5) is 4.39 Å². The molecule has 0 radical (unpaired) electrons. The Hall–Kier alpha value is -1.42. The molecule has 0 aromatic heterocycles. The Morgan fingerprint density at radius 3 is 2.95 bits per heavy atom. The fourth-order valence-electron chi connectivity index (χ4n) is 3.04. The van der Waals surface area contributed by atoms with Gasteiger partial charge in [0.05, 0.1) is 5.56 Å². The molecule has 1 aromatic carbocycles. The quantitative estimate of drug-likeness (QED) is 0.817. The topological polar surface area (TPSA) is 32.3 Å². The van der Waals surface area contributed by atoms with E-state index >= 15 is 0 Å². The molecule has 0 aliphatic carbocycles. The van der Waals surface area contributed by atoms with Crippen LogP contribution < -0.4 is 5.32 Å². The van der Waals surface area contributed by atoms with E-state index in [9.17, 15) is 9.18 Å². The number of rotatable bonds is 6. The molecule has 3 nitrogen and oxygen atoms in total. The standard InChI is InChI=1S/C17H25FN2O/c1-2-14-8-5-6-12-20(14)13-7-11-19-17(21)15-9-3-4-10-16(15)18/h3-4,9-10,14H,2,5-8,11-13H2,1H3,(H,19,21)/t14-/m1/s1. The zero-order valence-corrected chi connectivity index (χ0v) is 12.8. The lowest BCUT2D eigenvalue weighted by molar-refractivity contribution is 0.0943. The summed E-state index contributed by atoms with van der Waals surface area (Å²) in [5.41, 5.74) is 0.127. The van der Waals surface area contributed by atoms with Gasteiger partial charge in [0.1, 0.15) is 5.82 Å². The molecule has 1 fully saturated rings. The predicted octanol–water partition coefficient (Wildman–Crippen LogP) is 3.21. The Kier molecular flexibility index (Phi) is 6.18. The summed E-state index contributed by atoms with van der Waals surface area (Å²) >= 11 is 0. The maximum atomic E-state index is 13.5. The van der Waals surface area contributed by atoms with Crippen molar-refractivity contribution in [2.45, 2.75) is 45.1 Å². The van der Waals surface area contributed by atoms with Crippen molar-refractivity contribution < 1.29 is 9.18 Å². The number of halogens is 1. The molecule has 4 heteroatoms. The maximum absolute atomic E-state index is 13.5. The van der Waals surface area contributed by atoms with Crippen LogP contribution >= 0.6 is 0 Å². The van der Waals surface area contributed by atoms with Gasteiger partial charge in [0, 0.05) is 19.1 Å². The molecule has 0 spiro atoms. The van der Waals surface area contributed by atoms with Gasteiger partial charge >= 0.3 is 0 Å². The van der Waals surface area contributed by atoms with E-state index < -0.39 is 5.82 Å². The van der Waals surface area contributed by atoms with E-state index in [0.29, 0.717) is 12.6 Å². The number of benzene rings is 1. The SMILES string of the molecule is CC[C@@H]1CCCCN1CCCNC(=O)c1ccccc1F. The van der Waals surface area contributed by atoms with Gasteiger partial charge < -0.3 is 10.2 Å². The fraction of sp³-hybridized carbons (Fsp3) is 0.588. The van der Waals surface area contributed by atoms with Crippen LogP contribution in [0.15, 0.2) is 24.3 Å². The summed E-state index contributed by atoms with van der Waals surface area (Å²) in [4.78, 5) is 14.4. The van der Waals surface area contributed by atoms with Crippen LogP contribution in [0.5, 0.6) is 0 Å². The molecule has 2 rings (SSSR count). The van der Waals surface area contributed by atoms with Gasteiger partial charge in [-0.3, -0.25) is 4.79 Å². The highest BCUT2D eigenvalue weighted by Gasteiger charge is 2.20. The zero-order chi connectivity index (χ0) is 15.1. The molecule has 1 aromatic rings. The third-order valence-corrected chi connectivity index (χ3v) is 4.25. The Bertz CT molecular complexity index is 464. The molecular weight excluding hydrogens is 267 g/mol. The third-order valence-electron chi connectivity index (χ3n) is 4.25. The molecule has 0 unspecified atom stereocenters. The third kappa shape index (κ3) is 4.53. The summed E-state index contributed by atoms with van der Waals surface area (Å²) in [6.45, 7) is 5.01. The van der Waals surface area contributed by atoms with Crippen LogP contribution in [-0.2, 0) is 0 Å². The minimum absolute atomic E-state index is 0.127. The van der Waals surface area contributed by atoms with Gasteiger partial charge in [0.15, 0.2) is 0 Å². The molecule has 116 valence electrons. The molecule has 1 aliphatic heterocycles. The second-order valence-electron chi connectivity index (χ2n) is 5.68. The zero-order valence-electron chi connectivity index (χ0n) is 12.8. The lowest BCUT2D eigenvalue weighted by Gasteiger charge is -2.35. The van der Waals surface area contributed by atoms with E-state index in [1.807, 2.05) is 0 Å². The Morgan fingerprint density at radius 2 is 2.19 bits per heavy atom. The van der Waals surface area contributed by atoms with Gasteiger partial charge in [-0.25, -0.2) is 4.39 Å². The monoisotopic (exact) mass is 292 g/mol. The number of nitrogens with zero attached hydrogens (tertiary/aromatic N) is 1. The Morgan fingerprint density at radius 1 is 1.38 bits per heavy atom. The molecule has 1 N–H and O–H groups in total. The van der Waals surface area contributed by atoms with Gasteiger partial charge in [-0.15, -0.1) is 0 Å². The van der Waals surface area contributed by atoms with Gasteiger partial charge in [0.2, 0.25) is 0 Å². The lowest BCUT2D eigenvalue weighted by Crippen LogP contribution is -2.40. The van der Waals surface area contributed by atoms with Crippen molar-refractivity contribution in [3.63, 3.8) is 0 Å². The van der Waals surface area contributed by atoms with Crippen molar-refractivity contribution in [1.29, 1.82) is 0 Å². The predicted molar refractivity (Wildman–Crippen MR) is 82.9 cm³/mol. The maximum Gasteiger partial charge on any atom is 0.254 e. The summed E-state index contributed by atoms with van der Waals surface area (Å²) in [5.74, 6) is -0.782. The van der Waals surface area contributed by atoms with Gasteiger partial charge in [-0.05, 0) is 44.4 Å². The molecule has 0 saturated carbocycles. The molecule has 21 heavy (non-hydrogen) atoms. The Balaban J connectivity index is 1.72. The first-order chi connectivity index (χ1) is 10.2. The first-order valence-corrected chi connectivity index (χ1v) is 7.99. The van der Waals surface area contributed by atoms with Crippen LogP contribution in [-0.4, -0.2) is 36.5 Å². The van der Waals surface area contributed by atoms with Crippen molar-refractivity contribution >= 4 is 5.91 Å². The molecule has 1 atom stereocenters. The van der Waals surface area contributed by atoms with E-state index in [1.54, 1.807) is 12.1 Å². The average molecular weight is 292 g/mol. The van der Waals surface area contributed by atoms with Crippen LogP contribution in [0.1, 0.15) is 49.4 Å². The number of carbonyl (C=O) groups excluding carboxylic acids is 1. The van der Waals surface area contributed by atoms with Gasteiger partial charge in [-0.1, -0.05) is 25.5 Å². The average Bonchev–Trinajstić information content (AvgIpc) is 2.52. The summed E-state index contributed by atoms with van der Waals surface area (Å²) in [6, 6.07) is 6.79. The molecule has 1 aliphatic rings. The minimum Gasteiger partial charge on any atom is -0.352 e. The van der Waals surface area contributed by atoms with Gasteiger partial charge in [0.25, 0.3) is 5.91 Å². The first kappa shape index (κ1) is 16.0. The molecule has 1 saturated heterocycles. The second-order valence-corrected chi connectivity index (χ2v) is 5.68. The lowest BCUT2D eigenvalue weighted by atomic mass is 10.00. The van der Waals surface area contributed by atoms with Crippen LogP contribution in [0.25, 0.3) is 0 Å². The molecular formula is C17H25FN2O. The molecule has 1 heterocycles. The Labute approximate surface area is 126 Å². The van der Waals surface area contributed by atoms with Crippen LogP contribution in [0.2, 0.25) is 0 Å². The number of piperidine rings is 1. The summed E-state index contributed by atoms with van der Waals surface area (Å²) in [5, 5.41) is 2.81. The number of nitrogens with one attached hydrogen (secondary N) is 1. The summed E-state index contributed by atoms with van der Waals surface area (Å²) < 4.78 is 13.5. The number of likely N-dealkylation sites (tertiary alicyclic amines) is 1. The number of hydrogen-bond donors (Lipinski definition) is 1. The van der Waals surface area contributed by atoms with Crippen molar-refractivity contribution in [2.75, 3.05) is 19.6 Å². The molecule has 0 bridgehead atoms. The van der Waals surface area contributed by atoms with Crippen molar-refractivity contribution in [3.05, 3.63) is 35.6 Å². The smallest absolute Gasteiger partial charge is 0.254 e. The van der Waals surface area contributed by atoms with Gasteiger partial charge in [-0.2, -0.15) is 0 Å². The second kappa shape index (κ2) is 8.13. The normalized spacial score (nSPS) is 19.4. The van der Waals surface area contributed by atoms with E-state index in [4.69, 9.17) is 0 Å². The number of hydrogen-bond acceptors (Lipinski definition) is 2. The summed E-state index contributed by atoms with van der Waals surface area (Å²) in [7, 11) is 0. The highest BCUT2D eigenvalue weighted by atomic mass is 19.1. The van der Waals surface area contributed by atoms with Crippen molar-refractivity contribution in [2.24, 2.45) is 0 Å². The van der Waals surface area contributed by atoms with E-state index in [0.717, 1.165) is 13.0 Å². The number of carbonyl (C=O) groups is 1. The van der Waals surface area contributed by atoms with E-state index in [2.05, 4.69) is 17.1 Å². The fourth-order valence-corrected chi connectivity index (χ4v) is 3.04.